The average molecular weight is 286 g/mol. The van der Waals surface area contributed by atoms with Gasteiger partial charge in [-0.2, -0.15) is 0 Å². The second-order valence-corrected chi connectivity index (χ2v) is 7.66. The highest BCUT2D eigenvalue weighted by Crippen LogP contribution is 2.39. The summed E-state index contributed by atoms with van der Waals surface area (Å²) in [6.45, 7) is 8.49. The fourth-order valence-electron chi connectivity index (χ4n) is 4.64. The average Bonchev–Trinajstić information content (AvgIpc) is 2.46. The number of rotatable bonds is 3. The third-order valence-corrected chi connectivity index (χ3v) is 5.72. The van der Waals surface area contributed by atoms with Crippen molar-refractivity contribution in [3.05, 3.63) is 35.4 Å². The molecule has 2 nitrogen and oxygen atoms in total. The number of benzene rings is 1. The maximum absolute atomic E-state index is 3.63. The van der Waals surface area contributed by atoms with E-state index in [9.17, 15) is 0 Å². The Kier molecular flexibility index (Phi) is 4.37. The Bertz CT molecular complexity index is 480. The molecule has 1 aliphatic carbocycles. The van der Waals surface area contributed by atoms with Gasteiger partial charge in [0.25, 0.3) is 0 Å². The number of fused-ring (bicyclic) bond motifs is 1. The molecular formula is C19H30N2. The van der Waals surface area contributed by atoms with E-state index in [2.05, 4.69) is 55.4 Å². The van der Waals surface area contributed by atoms with Gasteiger partial charge in [0.15, 0.2) is 0 Å². The molecule has 2 aliphatic rings. The number of hydrogen-bond donors (Lipinski definition) is 1. The van der Waals surface area contributed by atoms with Crippen LogP contribution >= 0.6 is 0 Å². The van der Waals surface area contributed by atoms with Crippen LogP contribution in [0.2, 0.25) is 0 Å². The second kappa shape index (κ2) is 6.10. The van der Waals surface area contributed by atoms with E-state index in [0.717, 1.165) is 12.5 Å². The predicted molar refractivity (Wildman–Crippen MR) is 89.4 cm³/mol. The van der Waals surface area contributed by atoms with Crippen LogP contribution in [0.25, 0.3) is 0 Å². The first-order chi connectivity index (χ1) is 10.1. The molecule has 1 heterocycles. The lowest BCUT2D eigenvalue weighted by Gasteiger charge is -2.46. The van der Waals surface area contributed by atoms with Gasteiger partial charge in [-0.05, 0) is 48.8 Å². The highest BCUT2D eigenvalue weighted by molar-refractivity contribution is 5.29. The highest BCUT2D eigenvalue weighted by Gasteiger charge is 2.38. The Hall–Kier alpha value is -0.860. The highest BCUT2D eigenvalue weighted by atomic mass is 15.1. The summed E-state index contributed by atoms with van der Waals surface area (Å²) in [5.41, 5.74) is 3.54. The molecule has 2 atom stereocenters. The van der Waals surface area contributed by atoms with Crippen molar-refractivity contribution in [1.82, 2.24) is 10.2 Å². The standard InChI is InChI=1S/C19H30N2/c1-19(2)11-6-9-17(18(19)20-3)14-21-12-10-15-7-4-5-8-16(15)13-21/h4-5,7-8,17-18,20H,6,9-14H2,1-3H3. The van der Waals surface area contributed by atoms with E-state index in [0.29, 0.717) is 11.5 Å². The smallest absolute Gasteiger partial charge is 0.0236 e. The largest absolute Gasteiger partial charge is 0.316 e. The molecule has 0 radical (unpaired) electrons. The van der Waals surface area contributed by atoms with Crippen molar-refractivity contribution < 1.29 is 0 Å². The molecule has 2 unspecified atom stereocenters. The van der Waals surface area contributed by atoms with Crippen LogP contribution < -0.4 is 5.32 Å². The molecular weight excluding hydrogens is 256 g/mol. The van der Waals surface area contributed by atoms with Gasteiger partial charge in [0, 0.05) is 25.7 Å². The predicted octanol–water partition coefficient (Wildman–Crippen LogP) is 3.46. The third kappa shape index (κ3) is 3.17. The minimum Gasteiger partial charge on any atom is -0.316 e. The zero-order valence-electron chi connectivity index (χ0n) is 13.9. The maximum atomic E-state index is 3.63. The first kappa shape index (κ1) is 15.1. The molecule has 1 aromatic carbocycles. The summed E-state index contributed by atoms with van der Waals surface area (Å²) in [5, 5.41) is 3.63. The molecule has 0 amide bonds. The Morgan fingerprint density at radius 1 is 1.24 bits per heavy atom. The molecule has 116 valence electrons. The minimum atomic E-state index is 0.436. The van der Waals surface area contributed by atoms with Crippen LogP contribution in [-0.2, 0) is 13.0 Å². The summed E-state index contributed by atoms with van der Waals surface area (Å²) in [5.74, 6) is 0.795. The van der Waals surface area contributed by atoms with Crippen LogP contribution in [-0.4, -0.2) is 31.1 Å². The Morgan fingerprint density at radius 2 is 2.00 bits per heavy atom. The van der Waals surface area contributed by atoms with Crippen molar-refractivity contribution >= 4 is 0 Å². The topological polar surface area (TPSA) is 15.3 Å². The SMILES string of the molecule is CNC1C(CN2CCc3ccccc3C2)CCCC1(C)C. The summed E-state index contributed by atoms with van der Waals surface area (Å²) >= 11 is 0. The molecule has 0 saturated heterocycles. The maximum Gasteiger partial charge on any atom is 0.0236 e. The van der Waals surface area contributed by atoms with E-state index in [1.165, 1.54) is 38.8 Å². The lowest BCUT2D eigenvalue weighted by molar-refractivity contribution is 0.0794. The molecule has 3 rings (SSSR count). The molecule has 0 spiro atoms. The minimum absolute atomic E-state index is 0.436. The summed E-state index contributed by atoms with van der Waals surface area (Å²) in [4.78, 5) is 2.68. The van der Waals surface area contributed by atoms with Gasteiger partial charge in [-0.15, -0.1) is 0 Å². The fourth-order valence-corrected chi connectivity index (χ4v) is 4.64. The van der Waals surface area contributed by atoms with Crippen LogP contribution in [0.3, 0.4) is 0 Å². The molecule has 2 heteroatoms. The molecule has 1 N–H and O–H groups in total. The zero-order valence-corrected chi connectivity index (χ0v) is 13.9. The van der Waals surface area contributed by atoms with Gasteiger partial charge >= 0.3 is 0 Å². The lowest BCUT2D eigenvalue weighted by atomic mass is 9.67. The van der Waals surface area contributed by atoms with Crippen molar-refractivity contribution in [3.8, 4) is 0 Å². The van der Waals surface area contributed by atoms with Crippen molar-refractivity contribution in [1.29, 1.82) is 0 Å². The fraction of sp³-hybridized carbons (Fsp3) is 0.684. The number of nitrogens with zero attached hydrogens (tertiary/aromatic N) is 1. The number of nitrogens with one attached hydrogen (secondary N) is 1. The van der Waals surface area contributed by atoms with Crippen molar-refractivity contribution in [2.45, 2.75) is 52.1 Å². The van der Waals surface area contributed by atoms with Crippen molar-refractivity contribution in [2.24, 2.45) is 11.3 Å². The second-order valence-electron chi connectivity index (χ2n) is 7.66. The molecule has 21 heavy (non-hydrogen) atoms. The van der Waals surface area contributed by atoms with E-state index in [4.69, 9.17) is 0 Å². The van der Waals surface area contributed by atoms with Gasteiger partial charge in [0.2, 0.25) is 0 Å². The van der Waals surface area contributed by atoms with Gasteiger partial charge in [-0.3, -0.25) is 4.90 Å². The summed E-state index contributed by atoms with van der Waals surface area (Å²) < 4.78 is 0. The Morgan fingerprint density at radius 3 is 2.76 bits per heavy atom. The first-order valence-electron chi connectivity index (χ1n) is 8.56. The third-order valence-electron chi connectivity index (χ3n) is 5.72. The van der Waals surface area contributed by atoms with Gasteiger partial charge < -0.3 is 5.32 Å². The van der Waals surface area contributed by atoms with E-state index >= 15 is 0 Å². The van der Waals surface area contributed by atoms with Crippen LogP contribution in [0.5, 0.6) is 0 Å². The quantitative estimate of drug-likeness (QED) is 0.915. The summed E-state index contributed by atoms with van der Waals surface area (Å²) in [7, 11) is 2.15. The molecule has 0 aromatic heterocycles. The molecule has 1 fully saturated rings. The van der Waals surface area contributed by atoms with Gasteiger partial charge in [0.1, 0.15) is 0 Å². The van der Waals surface area contributed by atoms with Gasteiger partial charge in [-0.25, -0.2) is 0 Å². The van der Waals surface area contributed by atoms with Crippen molar-refractivity contribution in [2.75, 3.05) is 20.1 Å². The van der Waals surface area contributed by atoms with Crippen LogP contribution in [0.1, 0.15) is 44.2 Å². The molecule has 1 saturated carbocycles. The molecule has 0 bridgehead atoms. The Balaban J connectivity index is 1.67. The van der Waals surface area contributed by atoms with Crippen LogP contribution in [0, 0.1) is 11.3 Å². The zero-order chi connectivity index (χ0) is 14.9. The number of hydrogen-bond acceptors (Lipinski definition) is 2. The monoisotopic (exact) mass is 286 g/mol. The summed E-state index contributed by atoms with van der Waals surface area (Å²) in [6, 6.07) is 9.62. The van der Waals surface area contributed by atoms with E-state index in [1.807, 2.05) is 0 Å². The van der Waals surface area contributed by atoms with Gasteiger partial charge in [0.05, 0.1) is 0 Å². The van der Waals surface area contributed by atoms with E-state index in [1.54, 1.807) is 11.1 Å². The van der Waals surface area contributed by atoms with Crippen molar-refractivity contribution in [3.63, 3.8) is 0 Å². The van der Waals surface area contributed by atoms with Crippen LogP contribution in [0.4, 0.5) is 0 Å². The first-order valence-corrected chi connectivity index (χ1v) is 8.56. The van der Waals surface area contributed by atoms with Gasteiger partial charge in [-0.1, -0.05) is 44.5 Å². The van der Waals surface area contributed by atoms with E-state index in [-0.39, 0.29) is 0 Å². The lowest BCUT2D eigenvalue weighted by Crippen LogP contribution is -2.52. The van der Waals surface area contributed by atoms with Crippen LogP contribution in [0.15, 0.2) is 24.3 Å². The normalized spacial score (nSPS) is 29.1. The van der Waals surface area contributed by atoms with E-state index < -0.39 is 0 Å². The summed E-state index contributed by atoms with van der Waals surface area (Å²) in [6.07, 6.45) is 5.35. The Labute approximate surface area is 129 Å². The molecule has 1 aliphatic heterocycles. The molecule has 1 aromatic rings.